The summed E-state index contributed by atoms with van der Waals surface area (Å²) in [6, 6.07) is 0. The van der Waals surface area contributed by atoms with Gasteiger partial charge in [-0.05, 0) is 5.04 Å². The van der Waals surface area contributed by atoms with E-state index < -0.39 is 8.56 Å². The molecule has 0 saturated carbocycles. The van der Waals surface area contributed by atoms with Crippen LogP contribution in [0.2, 0.25) is 5.04 Å². The third-order valence-corrected chi connectivity index (χ3v) is 11.0. The van der Waals surface area contributed by atoms with Gasteiger partial charge in [0.25, 0.3) is 0 Å². The lowest BCUT2D eigenvalue weighted by Gasteiger charge is -2.24. The molecule has 1 atom stereocenters. The molecule has 0 saturated heterocycles. The van der Waals surface area contributed by atoms with Crippen LogP contribution >= 0.6 is 0 Å². The molecule has 11 heavy (non-hydrogen) atoms. The van der Waals surface area contributed by atoms with Crippen molar-refractivity contribution in [3.8, 4) is 0 Å². The second-order valence-electron chi connectivity index (χ2n) is 3.55. The van der Waals surface area contributed by atoms with Gasteiger partial charge in [-0.3, -0.25) is 0 Å². The summed E-state index contributed by atoms with van der Waals surface area (Å²) in [4.78, 5) is 13.0. The molecule has 0 N–H and O–H groups in total. The molecule has 64 valence electrons. The van der Waals surface area contributed by atoms with Crippen LogP contribution in [0.5, 0.6) is 0 Å². The van der Waals surface area contributed by atoms with E-state index in [4.69, 9.17) is 4.43 Å². The Bertz CT molecular complexity index is 160. The normalized spacial score (nSPS) is 14.1. The molecule has 0 aliphatic heterocycles. The van der Waals surface area contributed by atoms with Crippen molar-refractivity contribution in [2.24, 2.45) is 4.99 Å². The number of isocyanates is 1. The highest BCUT2D eigenvalue weighted by Gasteiger charge is 2.22. The van der Waals surface area contributed by atoms with E-state index >= 15 is 0 Å². The molecule has 0 spiro atoms. The first-order chi connectivity index (χ1) is 4.98. The van der Waals surface area contributed by atoms with Gasteiger partial charge in [0.15, 0.2) is 8.56 Å². The van der Waals surface area contributed by atoms with Crippen molar-refractivity contribution in [3.05, 3.63) is 0 Å². The maximum absolute atomic E-state index is 9.69. The summed E-state index contributed by atoms with van der Waals surface area (Å²) in [5, 5.41) is 0.296. The molecule has 0 aliphatic carbocycles. The highest BCUT2D eigenvalue weighted by atomic mass is 29.2. The highest BCUT2D eigenvalue weighted by molar-refractivity contribution is 7.01. The Kier molecular flexibility index (Phi) is 4.52. The van der Waals surface area contributed by atoms with Crippen LogP contribution in [-0.4, -0.2) is 31.1 Å². The van der Waals surface area contributed by atoms with Crippen molar-refractivity contribution in [3.63, 3.8) is 0 Å². The van der Waals surface area contributed by atoms with Gasteiger partial charge in [-0.2, -0.15) is 4.99 Å². The van der Waals surface area contributed by atoms with Gasteiger partial charge in [-0.15, -0.1) is 0 Å². The van der Waals surface area contributed by atoms with E-state index in [-0.39, 0.29) is 6.73 Å². The van der Waals surface area contributed by atoms with Crippen molar-refractivity contribution in [1.29, 1.82) is 0 Å². The molecule has 0 aromatic rings. The van der Waals surface area contributed by atoms with E-state index in [0.717, 1.165) is 9.76 Å². The zero-order valence-electron chi connectivity index (χ0n) is 7.55. The van der Waals surface area contributed by atoms with E-state index in [9.17, 15) is 4.79 Å². The minimum atomic E-state index is -1.06. The van der Waals surface area contributed by atoms with Crippen molar-refractivity contribution in [2.75, 3.05) is 6.73 Å². The summed E-state index contributed by atoms with van der Waals surface area (Å²) in [5.74, 6) is 0. The molecule has 1 unspecified atom stereocenters. The summed E-state index contributed by atoms with van der Waals surface area (Å²) in [7, 11) is 0.0360. The molecular formula is C6H15NO2Si2. The van der Waals surface area contributed by atoms with Gasteiger partial charge in [-0.25, -0.2) is 4.79 Å². The van der Waals surface area contributed by atoms with Crippen LogP contribution < -0.4 is 0 Å². The largest absolute Gasteiger partial charge is 0.405 e. The third kappa shape index (κ3) is 5.09. The monoisotopic (exact) mass is 189 g/mol. The Balaban J connectivity index is 3.69. The van der Waals surface area contributed by atoms with Gasteiger partial charge >= 0.3 is 0 Å². The molecule has 0 aromatic carbocycles. The maximum atomic E-state index is 9.69. The van der Waals surface area contributed by atoms with Crippen LogP contribution in [0.25, 0.3) is 0 Å². The van der Waals surface area contributed by atoms with Crippen LogP contribution in [0, 0.1) is 0 Å². The molecule has 0 rings (SSSR count). The molecule has 3 nitrogen and oxygen atoms in total. The molecular weight excluding hydrogens is 174 g/mol. The number of rotatable bonds is 3. The number of carbonyl (C=O) groups excluding carboxylic acids is 1. The SMILES string of the molecule is CC(C)(C)[SiH]([SiH3])OCN=C=O. The Labute approximate surface area is 71.8 Å². The molecule has 5 heteroatoms. The standard InChI is InChI=1S/C6H15NO2Si2/c1-6(2,3)11(10)9-5-7-4-8/h11H,5H2,1-3,10H3. The second kappa shape index (κ2) is 4.61. The molecule has 0 fully saturated rings. The van der Waals surface area contributed by atoms with Gasteiger partial charge in [-0.1, -0.05) is 20.8 Å². The number of hydrogen-bond donors (Lipinski definition) is 0. The predicted octanol–water partition coefficient (Wildman–Crippen LogP) is -0.318. The first-order valence-electron chi connectivity index (χ1n) is 3.63. The molecule has 0 aromatic heterocycles. The molecule has 0 aliphatic rings. The number of aliphatic imine (C=N–C) groups is 1. The van der Waals surface area contributed by atoms with Crippen molar-refractivity contribution in [2.45, 2.75) is 25.8 Å². The van der Waals surface area contributed by atoms with Crippen LogP contribution in [0.3, 0.4) is 0 Å². The maximum Gasteiger partial charge on any atom is 0.237 e. The lowest BCUT2D eigenvalue weighted by molar-refractivity contribution is 0.327. The summed E-state index contributed by atoms with van der Waals surface area (Å²) in [6.45, 7) is 6.71. The van der Waals surface area contributed by atoms with Crippen LogP contribution in [0.4, 0.5) is 0 Å². The molecule has 0 heterocycles. The smallest absolute Gasteiger partial charge is 0.237 e. The Hall–Kier alpha value is -0.226. The summed E-state index contributed by atoms with van der Waals surface area (Å²) >= 11 is 0. The Morgan fingerprint density at radius 3 is 2.55 bits per heavy atom. The third-order valence-electron chi connectivity index (χ3n) is 1.67. The Morgan fingerprint density at radius 2 is 2.18 bits per heavy atom. The molecule has 0 radical (unpaired) electrons. The van der Waals surface area contributed by atoms with E-state index in [1.165, 1.54) is 6.08 Å². The van der Waals surface area contributed by atoms with Gasteiger partial charge in [0.05, 0.1) is 0 Å². The summed E-state index contributed by atoms with van der Waals surface area (Å²) < 4.78 is 5.42. The first-order valence-corrected chi connectivity index (χ1v) is 9.30. The number of hydrogen-bond acceptors (Lipinski definition) is 3. The van der Waals surface area contributed by atoms with E-state index in [1.807, 2.05) is 0 Å². The van der Waals surface area contributed by atoms with E-state index in [1.54, 1.807) is 0 Å². The van der Waals surface area contributed by atoms with E-state index in [0.29, 0.717) is 5.04 Å². The highest BCUT2D eigenvalue weighted by Crippen LogP contribution is 2.24. The lowest BCUT2D eigenvalue weighted by atomic mass is 10.3. The lowest BCUT2D eigenvalue weighted by Crippen LogP contribution is -2.30. The van der Waals surface area contributed by atoms with Gasteiger partial charge < -0.3 is 4.43 Å². The topological polar surface area (TPSA) is 38.7 Å². The average Bonchev–Trinajstić information content (AvgIpc) is 1.86. The summed E-state index contributed by atoms with van der Waals surface area (Å²) in [5.41, 5.74) is 0. The van der Waals surface area contributed by atoms with Gasteiger partial charge in [0.1, 0.15) is 6.73 Å². The van der Waals surface area contributed by atoms with Crippen LogP contribution in [0.1, 0.15) is 20.8 Å². The summed E-state index contributed by atoms with van der Waals surface area (Å²) in [6.07, 6.45) is 1.46. The van der Waals surface area contributed by atoms with Gasteiger partial charge in [0, 0.05) is 9.76 Å². The fraction of sp³-hybridized carbons (Fsp3) is 0.833. The van der Waals surface area contributed by atoms with Crippen LogP contribution in [-0.2, 0) is 9.22 Å². The fourth-order valence-corrected chi connectivity index (χ4v) is 1.67. The Morgan fingerprint density at radius 1 is 1.64 bits per heavy atom. The quantitative estimate of drug-likeness (QED) is 0.347. The van der Waals surface area contributed by atoms with Crippen molar-refractivity contribution < 1.29 is 9.22 Å². The predicted molar refractivity (Wildman–Crippen MR) is 50.9 cm³/mol. The zero-order valence-corrected chi connectivity index (χ0v) is 10.7. The molecule has 0 amide bonds. The second-order valence-corrected chi connectivity index (χ2v) is 10.0. The number of nitrogens with zero attached hydrogens (tertiary/aromatic N) is 1. The first kappa shape index (κ1) is 10.8. The van der Waals surface area contributed by atoms with Crippen molar-refractivity contribution >= 4 is 24.4 Å². The van der Waals surface area contributed by atoms with Crippen molar-refractivity contribution in [1.82, 2.24) is 0 Å². The van der Waals surface area contributed by atoms with Crippen LogP contribution in [0.15, 0.2) is 4.99 Å². The molecule has 0 bridgehead atoms. The fourth-order valence-electron chi connectivity index (χ4n) is 0.425. The van der Waals surface area contributed by atoms with Gasteiger partial charge in [0.2, 0.25) is 6.08 Å². The zero-order chi connectivity index (χ0) is 8.91. The minimum absolute atomic E-state index is 0.209. The van der Waals surface area contributed by atoms with E-state index in [2.05, 4.69) is 25.8 Å². The minimum Gasteiger partial charge on any atom is -0.405 e. The average molecular weight is 189 g/mol.